The molecule has 0 amide bonds. The molecule has 1 aromatic heterocycles. The van der Waals surface area contributed by atoms with Crippen LogP contribution in [0.3, 0.4) is 0 Å². The number of hydrogen-bond acceptors (Lipinski definition) is 5. The van der Waals surface area contributed by atoms with Crippen molar-refractivity contribution in [1.29, 1.82) is 0 Å². The molecule has 0 fully saturated rings. The molecule has 7 nitrogen and oxygen atoms in total. The third-order valence-electron chi connectivity index (χ3n) is 2.28. The van der Waals surface area contributed by atoms with Crippen molar-refractivity contribution < 1.29 is 8.42 Å². The van der Waals surface area contributed by atoms with E-state index in [9.17, 15) is 8.42 Å². The first kappa shape index (κ1) is 12.4. The fraction of sp³-hybridized carbons (Fsp3) is 0.100. The van der Waals surface area contributed by atoms with Gasteiger partial charge >= 0.3 is 0 Å². The molecule has 2 aromatic rings. The zero-order valence-corrected chi connectivity index (χ0v) is 10.5. The number of nitrogens with two attached hydrogens (primary N) is 1. The van der Waals surface area contributed by atoms with Gasteiger partial charge in [0, 0.05) is 25.0 Å². The average molecular weight is 267 g/mol. The van der Waals surface area contributed by atoms with E-state index in [0.29, 0.717) is 5.69 Å². The highest BCUT2D eigenvalue weighted by Crippen LogP contribution is 2.16. The van der Waals surface area contributed by atoms with Crippen LogP contribution in [0.15, 0.2) is 41.4 Å². The first-order chi connectivity index (χ1) is 8.51. The van der Waals surface area contributed by atoms with Crippen molar-refractivity contribution in [3.63, 3.8) is 0 Å². The lowest BCUT2D eigenvalue weighted by atomic mass is 10.3. The Morgan fingerprint density at radius 3 is 2.39 bits per heavy atom. The lowest BCUT2D eigenvalue weighted by Gasteiger charge is -2.06. The SMILES string of the molecule is Cn1ccc(NS(=O)(=O)c2ccc(NN)cc2)n1. The molecule has 96 valence electrons. The summed E-state index contributed by atoms with van der Waals surface area (Å²) in [7, 11) is -1.91. The van der Waals surface area contributed by atoms with Gasteiger partial charge in [-0.3, -0.25) is 15.2 Å². The summed E-state index contributed by atoms with van der Waals surface area (Å²) in [4.78, 5) is 0.146. The minimum atomic E-state index is -3.62. The third kappa shape index (κ3) is 2.60. The molecule has 0 aliphatic carbocycles. The number of nitrogens with one attached hydrogen (secondary N) is 2. The highest BCUT2D eigenvalue weighted by molar-refractivity contribution is 7.92. The number of hydrazine groups is 1. The van der Waals surface area contributed by atoms with E-state index in [1.807, 2.05) is 0 Å². The van der Waals surface area contributed by atoms with Crippen LogP contribution in [0.5, 0.6) is 0 Å². The van der Waals surface area contributed by atoms with Crippen LogP contribution >= 0.6 is 0 Å². The van der Waals surface area contributed by atoms with Crippen molar-refractivity contribution in [1.82, 2.24) is 9.78 Å². The molecule has 0 spiro atoms. The number of aromatic nitrogens is 2. The van der Waals surface area contributed by atoms with Gasteiger partial charge in [-0.05, 0) is 24.3 Å². The van der Waals surface area contributed by atoms with Gasteiger partial charge in [-0.25, -0.2) is 8.42 Å². The monoisotopic (exact) mass is 267 g/mol. The van der Waals surface area contributed by atoms with Crippen LogP contribution in [0.25, 0.3) is 0 Å². The molecule has 0 saturated heterocycles. The Morgan fingerprint density at radius 2 is 1.89 bits per heavy atom. The van der Waals surface area contributed by atoms with E-state index in [-0.39, 0.29) is 10.7 Å². The Labute approximate surface area is 105 Å². The van der Waals surface area contributed by atoms with Crippen LogP contribution in [0.2, 0.25) is 0 Å². The molecular formula is C10H13N5O2S. The number of nitrogen functional groups attached to an aromatic ring is 1. The van der Waals surface area contributed by atoms with Gasteiger partial charge in [0.15, 0.2) is 5.82 Å². The average Bonchev–Trinajstić information content (AvgIpc) is 2.74. The van der Waals surface area contributed by atoms with E-state index >= 15 is 0 Å². The van der Waals surface area contributed by atoms with Gasteiger partial charge < -0.3 is 5.43 Å². The lowest BCUT2D eigenvalue weighted by molar-refractivity contribution is 0.601. The highest BCUT2D eigenvalue weighted by atomic mass is 32.2. The Kier molecular flexibility index (Phi) is 3.21. The summed E-state index contributed by atoms with van der Waals surface area (Å²) in [6.07, 6.45) is 1.65. The fourth-order valence-electron chi connectivity index (χ4n) is 1.40. The van der Waals surface area contributed by atoms with Crippen molar-refractivity contribution in [2.45, 2.75) is 4.90 Å². The van der Waals surface area contributed by atoms with Crippen LogP contribution in [-0.2, 0) is 17.1 Å². The molecule has 18 heavy (non-hydrogen) atoms. The minimum absolute atomic E-state index is 0.146. The third-order valence-corrected chi connectivity index (χ3v) is 3.65. The summed E-state index contributed by atoms with van der Waals surface area (Å²) in [6.45, 7) is 0. The van der Waals surface area contributed by atoms with E-state index in [4.69, 9.17) is 5.84 Å². The van der Waals surface area contributed by atoms with Crippen LogP contribution in [-0.4, -0.2) is 18.2 Å². The summed E-state index contributed by atoms with van der Waals surface area (Å²) in [6, 6.07) is 7.65. The Hall–Kier alpha value is -2.06. The van der Waals surface area contributed by atoms with Crippen molar-refractivity contribution in [3.8, 4) is 0 Å². The van der Waals surface area contributed by atoms with Crippen LogP contribution in [0.4, 0.5) is 11.5 Å². The molecule has 0 bridgehead atoms. The van der Waals surface area contributed by atoms with Gasteiger partial charge in [0.2, 0.25) is 0 Å². The summed E-state index contributed by atoms with van der Waals surface area (Å²) in [5, 5.41) is 3.95. The highest BCUT2D eigenvalue weighted by Gasteiger charge is 2.14. The second-order valence-electron chi connectivity index (χ2n) is 3.65. The maximum absolute atomic E-state index is 12.0. The van der Waals surface area contributed by atoms with Gasteiger partial charge in [-0.15, -0.1) is 0 Å². The standard InChI is InChI=1S/C10H13N5O2S/c1-15-7-6-10(13-15)14-18(16,17)9-4-2-8(12-11)3-5-9/h2-7,12H,11H2,1H3,(H,13,14). The zero-order valence-electron chi connectivity index (χ0n) is 9.66. The Bertz CT molecular complexity index is 633. The van der Waals surface area contributed by atoms with Gasteiger partial charge in [-0.1, -0.05) is 0 Å². The first-order valence-corrected chi connectivity index (χ1v) is 6.59. The van der Waals surface area contributed by atoms with E-state index in [2.05, 4.69) is 15.2 Å². The molecule has 2 rings (SSSR count). The van der Waals surface area contributed by atoms with E-state index < -0.39 is 10.0 Å². The number of benzene rings is 1. The van der Waals surface area contributed by atoms with Crippen molar-refractivity contribution in [2.75, 3.05) is 10.1 Å². The van der Waals surface area contributed by atoms with Crippen LogP contribution in [0, 0.1) is 0 Å². The number of aryl methyl sites for hydroxylation is 1. The molecule has 0 aliphatic heterocycles. The molecule has 1 heterocycles. The predicted octanol–water partition coefficient (Wildman–Crippen LogP) is 0.506. The number of rotatable bonds is 4. The van der Waals surface area contributed by atoms with Crippen molar-refractivity contribution >= 4 is 21.5 Å². The van der Waals surface area contributed by atoms with Gasteiger partial charge in [0.25, 0.3) is 10.0 Å². The molecular weight excluding hydrogens is 254 g/mol. The maximum Gasteiger partial charge on any atom is 0.263 e. The Morgan fingerprint density at radius 1 is 1.22 bits per heavy atom. The molecule has 1 aromatic carbocycles. The molecule has 0 saturated carbocycles. The number of sulfonamides is 1. The molecule has 8 heteroatoms. The topological polar surface area (TPSA) is 102 Å². The quantitative estimate of drug-likeness (QED) is 0.553. The van der Waals surface area contributed by atoms with Gasteiger partial charge in [0.05, 0.1) is 4.90 Å². The second kappa shape index (κ2) is 4.67. The maximum atomic E-state index is 12.0. The largest absolute Gasteiger partial charge is 0.324 e. The van der Waals surface area contributed by atoms with Crippen molar-refractivity contribution in [2.24, 2.45) is 12.9 Å². The lowest BCUT2D eigenvalue weighted by Crippen LogP contribution is -2.14. The number of anilines is 2. The molecule has 0 atom stereocenters. The summed E-state index contributed by atoms with van der Waals surface area (Å²) in [5.41, 5.74) is 3.06. The first-order valence-electron chi connectivity index (χ1n) is 5.10. The minimum Gasteiger partial charge on any atom is -0.324 e. The normalized spacial score (nSPS) is 11.2. The van der Waals surface area contributed by atoms with E-state index in [1.54, 1.807) is 31.4 Å². The van der Waals surface area contributed by atoms with Gasteiger partial charge in [0.1, 0.15) is 0 Å². The summed E-state index contributed by atoms with van der Waals surface area (Å²) < 4.78 is 27.9. The number of hydrogen-bond donors (Lipinski definition) is 3. The fourth-order valence-corrected chi connectivity index (χ4v) is 2.39. The molecule has 0 aliphatic rings. The van der Waals surface area contributed by atoms with E-state index in [0.717, 1.165) is 0 Å². The van der Waals surface area contributed by atoms with Crippen molar-refractivity contribution in [3.05, 3.63) is 36.5 Å². The predicted molar refractivity (Wildman–Crippen MR) is 68.3 cm³/mol. The summed E-state index contributed by atoms with van der Waals surface area (Å²) in [5.74, 6) is 5.48. The molecule has 0 radical (unpaired) electrons. The van der Waals surface area contributed by atoms with Gasteiger partial charge in [-0.2, -0.15) is 5.10 Å². The van der Waals surface area contributed by atoms with E-state index in [1.165, 1.54) is 16.8 Å². The molecule has 0 unspecified atom stereocenters. The second-order valence-corrected chi connectivity index (χ2v) is 5.33. The molecule has 4 N–H and O–H groups in total. The smallest absolute Gasteiger partial charge is 0.263 e. The van der Waals surface area contributed by atoms with Crippen LogP contribution in [0.1, 0.15) is 0 Å². The summed E-state index contributed by atoms with van der Waals surface area (Å²) >= 11 is 0. The Balaban J connectivity index is 2.24. The van der Waals surface area contributed by atoms with Crippen LogP contribution < -0.4 is 16.0 Å². The number of nitrogens with zero attached hydrogens (tertiary/aromatic N) is 2. The zero-order chi connectivity index (χ0) is 13.2.